The Balaban J connectivity index is 1.71. The van der Waals surface area contributed by atoms with E-state index in [0.29, 0.717) is 26.1 Å². The molecule has 1 spiro atoms. The molecular formula is C34H48N2O5S. The van der Waals surface area contributed by atoms with Gasteiger partial charge in [0.05, 0.1) is 35.8 Å². The molecule has 2 amide bonds. The van der Waals surface area contributed by atoms with E-state index in [9.17, 15) is 19.5 Å². The summed E-state index contributed by atoms with van der Waals surface area (Å²) in [6.45, 7) is 12.9. The zero-order valence-corrected chi connectivity index (χ0v) is 26.1. The molecule has 8 heteroatoms. The van der Waals surface area contributed by atoms with Crippen molar-refractivity contribution in [2.45, 2.75) is 87.3 Å². The fraction of sp³-hybridized carbons (Fsp3) is 0.618. The van der Waals surface area contributed by atoms with Crippen molar-refractivity contribution in [3.63, 3.8) is 0 Å². The maximum atomic E-state index is 14.6. The van der Waals surface area contributed by atoms with E-state index in [1.54, 1.807) is 22.7 Å². The number of aliphatic hydroxyl groups is 1. The number of hydrogen-bond donors (Lipinski definition) is 1. The number of ether oxygens (including phenoxy) is 1. The van der Waals surface area contributed by atoms with Crippen LogP contribution in [-0.4, -0.2) is 81.1 Å². The van der Waals surface area contributed by atoms with Gasteiger partial charge in [0.15, 0.2) is 0 Å². The predicted molar refractivity (Wildman–Crippen MR) is 168 cm³/mol. The lowest BCUT2D eigenvalue weighted by molar-refractivity contribution is -0.155. The van der Waals surface area contributed by atoms with Crippen molar-refractivity contribution in [3.8, 4) is 0 Å². The van der Waals surface area contributed by atoms with Gasteiger partial charge >= 0.3 is 5.97 Å². The fourth-order valence-electron chi connectivity index (χ4n) is 7.37. The van der Waals surface area contributed by atoms with Crippen LogP contribution in [-0.2, 0) is 25.5 Å². The van der Waals surface area contributed by atoms with E-state index in [1.165, 1.54) is 0 Å². The molecule has 3 aliphatic heterocycles. The lowest BCUT2D eigenvalue weighted by atomic mass is 9.66. The van der Waals surface area contributed by atoms with Crippen LogP contribution in [0.5, 0.6) is 0 Å². The molecule has 3 aliphatic rings. The Morgan fingerprint density at radius 1 is 1.19 bits per heavy atom. The van der Waals surface area contributed by atoms with Gasteiger partial charge < -0.3 is 19.6 Å². The molecule has 4 rings (SSSR count). The SMILES string of the molecule is C=CCCCCOC(=O)[C@@H]1[C@H]2C(=O)N([C@@H](CO)Cc3ccccc3)C(C(=O)N(CC=C)CCCCC)C23S[C@@H]1CC3C. The van der Waals surface area contributed by atoms with Gasteiger partial charge in [-0.15, -0.1) is 24.9 Å². The van der Waals surface area contributed by atoms with Crippen LogP contribution in [0, 0.1) is 17.8 Å². The Labute approximate surface area is 255 Å². The molecule has 7 nitrogen and oxygen atoms in total. The van der Waals surface area contributed by atoms with Crippen molar-refractivity contribution in [3.05, 3.63) is 61.2 Å². The summed E-state index contributed by atoms with van der Waals surface area (Å²) in [6.07, 6.45) is 10.2. The van der Waals surface area contributed by atoms with Crippen LogP contribution in [0.1, 0.15) is 64.4 Å². The quantitative estimate of drug-likeness (QED) is 0.154. The van der Waals surface area contributed by atoms with Gasteiger partial charge in [-0.05, 0) is 50.0 Å². The van der Waals surface area contributed by atoms with E-state index in [-0.39, 0.29) is 35.6 Å². The highest BCUT2D eigenvalue weighted by Crippen LogP contribution is 2.69. The van der Waals surface area contributed by atoms with E-state index in [0.717, 1.165) is 50.5 Å². The van der Waals surface area contributed by atoms with E-state index in [2.05, 4.69) is 27.0 Å². The highest BCUT2D eigenvalue weighted by molar-refractivity contribution is 8.02. The average Bonchev–Trinajstić information content (AvgIpc) is 3.59. The number of esters is 1. The van der Waals surface area contributed by atoms with E-state index in [4.69, 9.17) is 4.74 Å². The highest BCUT2D eigenvalue weighted by atomic mass is 32.2. The third-order valence-corrected chi connectivity index (χ3v) is 11.4. The Bertz CT molecular complexity index is 1110. The number of unbranched alkanes of at least 4 members (excludes halogenated alkanes) is 4. The molecule has 230 valence electrons. The summed E-state index contributed by atoms with van der Waals surface area (Å²) < 4.78 is 5.01. The molecule has 42 heavy (non-hydrogen) atoms. The maximum Gasteiger partial charge on any atom is 0.310 e. The molecule has 2 bridgehead atoms. The number of amides is 2. The molecule has 1 N–H and O–H groups in total. The first-order chi connectivity index (χ1) is 20.3. The Morgan fingerprint density at radius 2 is 1.95 bits per heavy atom. The number of rotatable bonds is 17. The van der Waals surface area contributed by atoms with Crippen LogP contribution in [0.25, 0.3) is 0 Å². The molecule has 3 saturated heterocycles. The fourth-order valence-corrected chi connectivity index (χ4v) is 9.76. The monoisotopic (exact) mass is 596 g/mol. The van der Waals surface area contributed by atoms with Crippen LogP contribution >= 0.6 is 11.8 Å². The number of fused-ring (bicyclic) bond motifs is 1. The van der Waals surface area contributed by atoms with Gasteiger partial charge in [-0.1, -0.05) is 69.2 Å². The molecule has 0 saturated carbocycles. The third kappa shape index (κ3) is 6.21. The number of aliphatic hydroxyl groups excluding tert-OH is 1. The second-order valence-electron chi connectivity index (χ2n) is 12.1. The number of nitrogens with zero attached hydrogens (tertiary/aromatic N) is 2. The van der Waals surface area contributed by atoms with Crippen molar-refractivity contribution in [1.29, 1.82) is 0 Å². The number of allylic oxidation sites excluding steroid dienone is 1. The predicted octanol–water partition coefficient (Wildman–Crippen LogP) is 5.03. The lowest BCUT2D eigenvalue weighted by Gasteiger charge is -2.42. The van der Waals surface area contributed by atoms with Gasteiger partial charge in [0.25, 0.3) is 0 Å². The Kier molecular flexibility index (Phi) is 11.3. The summed E-state index contributed by atoms with van der Waals surface area (Å²) in [5, 5.41) is 10.6. The number of benzene rings is 1. The van der Waals surface area contributed by atoms with Gasteiger partial charge in [-0.2, -0.15) is 0 Å². The van der Waals surface area contributed by atoms with E-state index >= 15 is 0 Å². The molecule has 3 heterocycles. The van der Waals surface area contributed by atoms with Crippen LogP contribution in [0.3, 0.4) is 0 Å². The summed E-state index contributed by atoms with van der Waals surface area (Å²) in [5.74, 6) is -1.84. The first-order valence-electron chi connectivity index (χ1n) is 15.7. The van der Waals surface area contributed by atoms with E-state index < -0.39 is 28.7 Å². The van der Waals surface area contributed by atoms with Gasteiger partial charge in [0.2, 0.25) is 11.8 Å². The average molecular weight is 597 g/mol. The minimum atomic E-state index is -0.771. The molecule has 0 aliphatic carbocycles. The number of hydrogen-bond acceptors (Lipinski definition) is 6. The first-order valence-corrected chi connectivity index (χ1v) is 16.6. The highest BCUT2D eigenvalue weighted by Gasteiger charge is 2.77. The zero-order valence-electron chi connectivity index (χ0n) is 25.3. The number of thioether (sulfide) groups is 1. The summed E-state index contributed by atoms with van der Waals surface area (Å²) in [7, 11) is 0. The van der Waals surface area contributed by atoms with Crippen molar-refractivity contribution >= 4 is 29.5 Å². The molecule has 1 aromatic rings. The largest absolute Gasteiger partial charge is 0.465 e. The molecule has 0 aromatic heterocycles. The Hall–Kier alpha value is -2.58. The van der Waals surface area contributed by atoms with Crippen LogP contribution in [0.15, 0.2) is 55.6 Å². The van der Waals surface area contributed by atoms with Crippen LogP contribution in [0.2, 0.25) is 0 Å². The molecule has 3 unspecified atom stereocenters. The van der Waals surface area contributed by atoms with Crippen LogP contribution < -0.4 is 0 Å². The Morgan fingerprint density at radius 3 is 2.62 bits per heavy atom. The first kappa shape index (κ1) is 32.3. The molecule has 7 atom stereocenters. The number of likely N-dealkylation sites (tertiary alicyclic amines) is 1. The smallest absolute Gasteiger partial charge is 0.310 e. The summed E-state index contributed by atoms with van der Waals surface area (Å²) in [5.41, 5.74) is 0.983. The van der Waals surface area contributed by atoms with Gasteiger partial charge in [0.1, 0.15) is 6.04 Å². The number of carbonyl (C=O) groups excluding carboxylic acids is 3. The molecule has 1 aromatic carbocycles. The number of carbonyl (C=O) groups is 3. The third-order valence-electron chi connectivity index (χ3n) is 9.35. The van der Waals surface area contributed by atoms with Crippen molar-refractivity contribution in [2.24, 2.45) is 17.8 Å². The summed E-state index contributed by atoms with van der Waals surface area (Å²) in [4.78, 5) is 46.3. The topological polar surface area (TPSA) is 87.1 Å². The second-order valence-corrected chi connectivity index (χ2v) is 13.6. The molecular weight excluding hydrogens is 548 g/mol. The molecule has 3 fully saturated rings. The van der Waals surface area contributed by atoms with Crippen molar-refractivity contribution in [2.75, 3.05) is 26.3 Å². The van der Waals surface area contributed by atoms with Gasteiger partial charge in [-0.3, -0.25) is 14.4 Å². The minimum Gasteiger partial charge on any atom is -0.465 e. The van der Waals surface area contributed by atoms with Crippen LogP contribution in [0.4, 0.5) is 0 Å². The standard InChI is InChI=1S/C34H48N2O5S/c1-5-8-10-15-20-41-33(40)28-27-21-24(4)34(42-27)29(28)31(38)36(26(23-37)22-25-16-12-11-13-17-25)30(34)32(39)35(18-7-3)19-14-9-6-2/h5,7,11-13,16-17,24,26-30,37H,1,3,6,8-10,14-15,18-23H2,2,4H3/t24?,26-,27-,28+,29+,30?,34?/m1/s1. The van der Waals surface area contributed by atoms with E-state index in [1.807, 2.05) is 41.3 Å². The maximum absolute atomic E-state index is 14.6. The molecule has 0 radical (unpaired) electrons. The normalized spacial score (nSPS) is 28.4. The second kappa shape index (κ2) is 14.7. The summed E-state index contributed by atoms with van der Waals surface area (Å²) >= 11 is 1.65. The minimum absolute atomic E-state index is 0.0503. The van der Waals surface area contributed by atoms with Gasteiger partial charge in [0, 0.05) is 18.3 Å². The van der Waals surface area contributed by atoms with Crippen molar-refractivity contribution < 1.29 is 24.2 Å². The van der Waals surface area contributed by atoms with Crippen molar-refractivity contribution in [1.82, 2.24) is 9.80 Å². The van der Waals surface area contributed by atoms with Gasteiger partial charge in [-0.25, -0.2) is 0 Å². The zero-order chi connectivity index (χ0) is 30.3. The lowest BCUT2D eigenvalue weighted by Crippen LogP contribution is -2.59. The summed E-state index contributed by atoms with van der Waals surface area (Å²) in [6, 6.07) is 8.40.